The molecule has 0 spiro atoms. The summed E-state index contributed by atoms with van der Waals surface area (Å²) in [5.41, 5.74) is 1.01. The van der Waals surface area contributed by atoms with E-state index in [4.69, 9.17) is 15.9 Å². The molecule has 0 fully saturated rings. The Balaban J connectivity index is 2.68. The van der Waals surface area contributed by atoms with E-state index >= 15 is 0 Å². The van der Waals surface area contributed by atoms with Gasteiger partial charge in [-0.3, -0.25) is 0 Å². The van der Waals surface area contributed by atoms with Crippen molar-refractivity contribution in [2.75, 3.05) is 13.7 Å². The van der Waals surface area contributed by atoms with E-state index in [1.807, 2.05) is 0 Å². The molecule has 0 atom stereocenters. The third kappa shape index (κ3) is 5.98. The van der Waals surface area contributed by atoms with E-state index in [9.17, 15) is 9.59 Å². The molecule has 0 aromatic heterocycles. The van der Waals surface area contributed by atoms with Crippen LogP contribution in [0.3, 0.4) is 0 Å². The average Bonchev–Trinajstić information content (AvgIpc) is 2.44. The molecule has 0 saturated heterocycles. The Kier molecular flexibility index (Phi) is 6.14. The molecule has 0 aliphatic rings. The van der Waals surface area contributed by atoms with Crippen LogP contribution in [0.5, 0.6) is 0 Å². The van der Waals surface area contributed by atoms with Crippen molar-refractivity contribution >= 4 is 11.9 Å². The number of carbonyl (C=O) groups is 2. The Morgan fingerprint density at radius 2 is 1.91 bits per heavy atom. The molecule has 0 N–H and O–H groups in total. The molecule has 0 radical (unpaired) electrons. The molecule has 0 aliphatic carbocycles. The second-order valence-electron chi connectivity index (χ2n) is 5.63. The summed E-state index contributed by atoms with van der Waals surface area (Å²) in [4.78, 5) is 23.1. The Labute approximate surface area is 130 Å². The topological polar surface area (TPSA) is 61.8 Å². The van der Waals surface area contributed by atoms with Gasteiger partial charge in [-0.25, -0.2) is 9.59 Å². The van der Waals surface area contributed by atoms with Gasteiger partial charge >= 0.3 is 11.9 Å². The molecule has 1 aromatic carbocycles. The van der Waals surface area contributed by atoms with E-state index in [1.165, 1.54) is 7.11 Å². The van der Waals surface area contributed by atoms with Gasteiger partial charge in [0.15, 0.2) is 0 Å². The Hall–Kier alpha value is -2.32. The fourth-order valence-electron chi connectivity index (χ4n) is 1.72. The minimum atomic E-state index is -0.554. The van der Waals surface area contributed by atoms with Crippen molar-refractivity contribution in [3.8, 4) is 12.3 Å². The largest absolute Gasteiger partial charge is 0.465 e. The van der Waals surface area contributed by atoms with Crippen LogP contribution in [0.4, 0.5) is 0 Å². The smallest absolute Gasteiger partial charge is 0.337 e. The number of benzene rings is 1. The maximum atomic E-state index is 11.6. The van der Waals surface area contributed by atoms with Crippen molar-refractivity contribution in [3.63, 3.8) is 0 Å². The van der Waals surface area contributed by atoms with Gasteiger partial charge in [-0.15, -0.1) is 6.42 Å². The summed E-state index contributed by atoms with van der Waals surface area (Å²) in [5.74, 6) is 1.53. The van der Waals surface area contributed by atoms with E-state index in [0.717, 1.165) is 0 Å². The van der Waals surface area contributed by atoms with E-state index < -0.39 is 17.5 Å². The van der Waals surface area contributed by atoms with Crippen LogP contribution in [0.25, 0.3) is 0 Å². The maximum Gasteiger partial charge on any atom is 0.337 e. The highest BCUT2D eigenvalue weighted by atomic mass is 16.6. The number of methoxy groups -OCH3 is 1. The number of terminal acetylenes is 1. The fourth-order valence-corrected chi connectivity index (χ4v) is 1.72. The first-order valence-electron chi connectivity index (χ1n) is 6.73. The second-order valence-corrected chi connectivity index (χ2v) is 5.63. The summed E-state index contributed by atoms with van der Waals surface area (Å²) in [6, 6.07) is 4.88. The summed E-state index contributed by atoms with van der Waals surface area (Å²) in [6.07, 6.45) is 5.36. The SMILES string of the molecule is C#Cc1cc(COCC(=O)OC(C)(C)C)cc(C(=O)OC)c1. The Morgan fingerprint density at radius 3 is 2.45 bits per heavy atom. The van der Waals surface area contributed by atoms with Crippen LogP contribution in [0.1, 0.15) is 42.3 Å². The summed E-state index contributed by atoms with van der Waals surface area (Å²) >= 11 is 0. The summed E-state index contributed by atoms with van der Waals surface area (Å²) in [5, 5.41) is 0. The molecular formula is C17H20O5. The number of carbonyl (C=O) groups excluding carboxylic acids is 2. The summed E-state index contributed by atoms with van der Waals surface area (Å²) in [7, 11) is 1.30. The molecule has 0 bridgehead atoms. The zero-order valence-electron chi connectivity index (χ0n) is 13.3. The van der Waals surface area contributed by atoms with Gasteiger partial charge in [0.1, 0.15) is 12.2 Å². The average molecular weight is 304 g/mol. The molecule has 0 unspecified atom stereocenters. The number of hydrogen-bond acceptors (Lipinski definition) is 5. The molecule has 118 valence electrons. The van der Waals surface area contributed by atoms with Gasteiger partial charge in [-0.05, 0) is 44.5 Å². The monoisotopic (exact) mass is 304 g/mol. The highest BCUT2D eigenvalue weighted by molar-refractivity contribution is 5.90. The molecule has 0 heterocycles. The van der Waals surface area contributed by atoms with Crippen molar-refractivity contribution in [2.45, 2.75) is 33.0 Å². The molecule has 0 saturated carbocycles. The van der Waals surface area contributed by atoms with E-state index in [1.54, 1.807) is 39.0 Å². The van der Waals surface area contributed by atoms with Gasteiger partial charge in [-0.1, -0.05) is 5.92 Å². The molecule has 5 heteroatoms. The third-order valence-corrected chi connectivity index (χ3v) is 2.49. The lowest BCUT2D eigenvalue weighted by Crippen LogP contribution is -2.26. The molecule has 22 heavy (non-hydrogen) atoms. The summed E-state index contributed by atoms with van der Waals surface area (Å²) in [6.45, 7) is 5.31. The van der Waals surface area contributed by atoms with Gasteiger partial charge in [0.05, 0.1) is 19.3 Å². The zero-order chi connectivity index (χ0) is 16.8. The highest BCUT2D eigenvalue weighted by Crippen LogP contribution is 2.13. The van der Waals surface area contributed by atoms with E-state index in [0.29, 0.717) is 16.7 Å². The lowest BCUT2D eigenvalue weighted by molar-refractivity contribution is -0.160. The van der Waals surface area contributed by atoms with Crippen LogP contribution in [0.2, 0.25) is 0 Å². The molecule has 0 aliphatic heterocycles. The zero-order valence-corrected chi connectivity index (χ0v) is 13.3. The van der Waals surface area contributed by atoms with Gasteiger partial charge in [0.25, 0.3) is 0 Å². The van der Waals surface area contributed by atoms with Gasteiger partial charge in [-0.2, -0.15) is 0 Å². The van der Waals surface area contributed by atoms with E-state index in [-0.39, 0.29) is 13.2 Å². The van der Waals surface area contributed by atoms with Crippen molar-refractivity contribution < 1.29 is 23.8 Å². The first-order valence-corrected chi connectivity index (χ1v) is 6.73. The second kappa shape index (κ2) is 7.62. The fraction of sp³-hybridized carbons (Fsp3) is 0.412. The minimum Gasteiger partial charge on any atom is -0.465 e. The first-order chi connectivity index (χ1) is 10.2. The normalized spacial score (nSPS) is 10.7. The van der Waals surface area contributed by atoms with Crippen molar-refractivity contribution in [2.24, 2.45) is 0 Å². The Morgan fingerprint density at radius 1 is 1.23 bits per heavy atom. The lowest BCUT2D eigenvalue weighted by Gasteiger charge is -2.19. The van der Waals surface area contributed by atoms with Gasteiger partial charge < -0.3 is 14.2 Å². The first kappa shape index (κ1) is 17.7. The van der Waals surface area contributed by atoms with Crippen molar-refractivity contribution in [1.29, 1.82) is 0 Å². The Bertz CT molecular complexity index is 590. The van der Waals surface area contributed by atoms with E-state index in [2.05, 4.69) is 10.7 Å². The van der Waals surface area contributed by atoms with Crippen molar-refractivity contribution in [1.82, 2.24) is 0 Å². The van der Waals surface area contributed by atoms with Crippen LogP contribution in [0, 0.1) is 12.3 Å². The van der Waals surface area contributed by atoms with Gasteiger partial charge in [0.2, 0.25) is 0 Å². The van der Waals surface area contributed by atoms with Gasteiger partial charge in [0, 0.05) is 5.56 Å². The van der Waals surface area contributed by atoms with Crippen LogP contribution < -0.4 is 0 Å². The van der Waals surface area contributed by atoms with Crippen LogP contribution in [-0.2, 0) is 25.6 Å². The maximum absolute atomic E-state index is 11.6. The minimum absolute atomic E-state index is 0.138. The number of esters is 2. The highest BCUT2D eigenvalue weighted by Gasteiger charge is 2.16. The molecule has 0 amide bonds. The number of rotatable bonds is 5. The molecule has 5 nitrogen and oxygen atoms in total. The quantitative estimate of drug-likeness (QED) is 0.617. The molecule has 1 aromatic rings. The van der Waals surface area contributed by atoms with Crippen LogP contribution in [-0.4, -0.2) is 31.3 Å². The standard InChI is InChI=1S/C17H20O5/c1-6-12-7-13(9-14(8-12)16(19)20-5)10-21-11-15(18)22-17(2,3)4/h1,7-9H,10-11H2,2-5H3. The number of hydrogen-bond donors (Lipinski definition) is 0. The number of ether oxygens (including phenoxy) is 3. The predicted molar refractivity (Wildman–Crippen MR) is 81.2 cm³/mol. The van der Waals surface area contributed by atoms with Crippen LogP contribution in [0.15, 0.2) is 18.2 Å². The lowest BCUT2D eigenvalue weighted by atomic mass is 10.1. The van der Waals surface area contributed by atoms with Crippen LogP contribution >= 0.6 is 0 Å². The summed E-state index contributed by atoms with van der Waals surface area (Å²) < 4.78 is 15.1. The molecular weight excluding hydrogens is 284 g/mol. The predicted octanol–water partition coefficient (Wildman–Crippen LogP) is 2.31. The third-order valence-electron chi connectivity index (χ3n) is 2.49. The van der Waals surface area contributed by atoms with Crippen molar-refractivity contribution in [3.05, 3.63) is 34.9 Å². The molecule has 1 rings (SSSR count).